The van der Waals surface area contributed by atoms with Gasteiger partial charge in [0.05, 0.1) is 4.88 Å². The summed E-state index contributed by atoms with van der Waals surface area (Å²) in [5.74, 6) is -0.929. The quantitative estimate of drug-likeness (QED) is 0.788. The van der Waals surface area contributed by atoms with Crippen LogP contribution in [0, 0.1) is 0 Å². The monoisotopic (exact) mass is 310 g/mol. The van der Waals surface area contributed by atoms with Crippen LogP contribution in [0.15, 0.2) is 12.1 Å². The maximum Gasteiger partial charge on any atom is 0.270 e. The van der Waals surface area contributed by atoms with Crippen molar-refractivity contribution in [3.8, 4) is 0 Å². The summed E-state index contributed by atoms with van der Waals surface area (Å²) >= 11 is 2.60. The van der Waals surface area contributed by atoms with E-state index in [2.05, 4.69) is 15.6 Å². The lowest BCUT2D eigenvalue weighted by molar-refractivity contribution is 0.0997. The fraction of sp³-hybridized carbons (Fsp3) is 0.250. The third-order valence-electron chi connectivity index (χ3n) is 2.54. The molecule has 0 atom stereocenters. The van der Waals surface area contributed by atoms with Crippen molar-refractivity contribution < 1.29 is 9.59 Å². The number of primary amides is 1. The number of thiazole rings is 1. The van der Waals surface area contributed by atoms with Gasteiger partial charge in [0.2, 0.25) is 0 Å². The largest absolute Gasteiger partial charge is 0.365 e. The molecular weight excluding hydrogens is 296 g/mol. The summed E-state index contributed by atoms with van der Waals surface area (Å²) in [5.41, 5.74) is 5.32. The second-order valence-electron chi connectivity index (χ2n) is 3.88. The number of carbonyl (C=O) groups is 2. The lowest BCUT2D eigenvalue weighted by atomic mass is 10.3. The van der Waals surface area contributed by atoms with Crippen LogP contribution >= 0.6 is 22.7 Å². The van der Waals surface area contributed by atoms with Crippen molar-refractivity contribution in [3.63, 3.8) is 0 Å². The minimum atomic E-state index is -0.668. The molecule has 0 spiro atoms. The molecule has 0 aromatic carbocycles. The zero-order valence-corrected chi connectivity index (χ0v) is 12.7. The number of thiophene rings is 1. The summed E-state index contributed by atoms with van der Waals surface area (Å²) in [6, 6.07) is 3.68. The number of anilines is 2. The van der Waals surface area contributed by atoms with Crippen LogP contribution in [0.2, 0.25) is 0 Å². The fourth-order valence-electron chi connectivity index (χ4n) is 1.53. The van der Waals surface area contributed by atoms with Crippen molar-refractivity contribution in [1.29, 1.82) is 0 Å². The van der Waals surface area contributed by atoms with Crippen molar-refractivity contribution in [3.05, 3.63) is 27.6 Å². The van der Waals surface area contributed by atoms with E-state index in [0.717, 1.165) is 11.3 Å². The molecular formula is C12H14N4O2S2. The number of hydrogen-bond donors (Lipinski definition) is 3. The minimum Gasteiger partial charge on any atom is -0.365 e. The molecule has 20 heavy (non-hydrogen) atoms. The lowest BCUT2D eigenvalue weighted by Gasteiger charge is -2.00. The van der Waals surface area contributed by atoms with Gasteiger partial charge in [-0.3, -0.25) is 9.59 Å². The lowest BCUT2D eigenvalue weighted by Crippen LogP contribution is -2.16. The second-order valence-corrected chi connectivity index (χ2v) is 6.05. The number of rotatable bonds is 5. The van der Waals surface area contributed by atoms with Gasteiger partial charge < -0.3 is 16.4 Å². The summed E-state index contributed by atoms with van der Waals surface area (Å²) < 4.78 is 0. The molecule has 2 amide bonds. The number of nitrogens with one attached hydrogen (secondary N) is 2. The van der Waals surface area contributed by atoms with Crippen LogP contribution < -0.4 is 16.4 Å². The van der Waals surface area contributed by atoms with E-state index in [1.807, 2.05) is 13.0 Å². The molecule has 2 heterocycles. The van der Waals surface area contributed by atoms with Gasteiger partial charge in [-0.05, 0) is 18.6 Å². The van der Waals surface area contributed by atoms with Crippen molar-refractivity contribution in [2.75, 3.05) is 17.7 Å². The van der Waals surface area contributed by atoms with Gasteiger partial charge in [0.1, 0.15) is 5.00 Å². The topological polar surface area (TPSA) is 97.1 Å². The zero-order chi connectivity index (χ0) is 14.7. The molecule has 0 aliphatic heterocycles. The van der Waals surface area contributed by atoms with Crippen molar-refractivity contribution in [2.45, 2.75) is 13.3 Å². The first kappa shape index (κ1) is 14.5. The normalized spacial score (nSPS) is 10.3. The highest BCUT2D eigenvalue weighted by Crippen LogP contribution is 2.29. The van der Waals surface area contributed by atoms with E-state index in [4.69, 9.17) is 5.73 Å². The van der Waals surface area contributed by atoms with Crippen LogP contribution in [-0.2, 0) is 6.42 Å². The number of carbonyl (C=O) groups excluding carboxylic acids is 2. The van der Waals surface area contributed by atoms with Gasteiger partial charge in [-0.15, -0.1) is 11.3 Å². The maximum absolute atomic E-state index is 12.1. The Morgan fingerprint density at radius 3 is 2.65 bits per heavy atom. The van der Waals surface area contributed by atoms with Gasteiger partial charge in [-0.2, -0.15) is 0 Å². The predicted molar refractivity (Wildman–Crippen MR) is 81.8 cm³/mol. The molecule has 0 bridgehead atoms. The van der Waals surface area contributed by atoms with Crippen molar-refractivity contribution in [2.24, 2.45) is 5.73 Å². The molecule has 0 aliphatic rings. The summed E-state index contributed by atoms with van der Waals surface area (Å²) in [4.78, 5) is 29.2. The molecule has 4 N–H and O–H groups in total. The highest BCUT2D eigenvalue weighted by atomic mass is 32.1. The third-order valence-corrected chi connectivity index (χ3v) is 4.75. The smallest absolute Gasteiger partial charge is 0.270 e. The van der Waals surface area contributed by atoms with Gasteiger partial charge in [0, 0.05) is 11.9 Å². The Bertz CT molecular complexity index is 648. The number of aryl methyl sites for hydroxylation is 1. The van der Waals surface area contributed by atoms with Crippen LogP contribution in [0.1, 0.15) is 32.0 Å². The predicted octanol–water partition coefficient (Wildman–Crippen LogP) is 2.16. The zero-order valence-electron chi connectivity index (χ0n) is 11.0. The Hall–Kier alpha value is -1.93. The standard InChI is InChI=1S/C12H14N4O2S2/c1-3-6-4-5-7(19-6)10(18)16-11-8(9(13)17)15-12(14-2)20-11/h4-5H,3H2,1-2H3,(H2,13,17)(H,14,15)(H,16,18). The molecule has 8 heteroatoms. The Labute approximate surface area is 124 Å². The summed E-state index contributed by atoms with van der Waals surface area (Å²) in [6.45, 7) is 2.03. The molecule has 2 aromatic rings. The van der Waals surface area contributed by atoms with Crippen LogP contribution in [0.5, 0.6) is 0 Å². The van der Waals surface area contributed by atoms with Crippen molar-refractivity contribution >= 4 is 44.6 Å². The first-order chi connectivity index (χ1) is 9.55. The average molecular weight is 310 g/mol. The molecule has 106 valence electrons. The Kier molecular flexibility index (Phi) is 4.35. The number of nitrogens with two attached hydrogens (primary N) is 1. The van der Waals surface area contributed by atoms with E-state index in [1.54, 1.807) is 13.1 Å². The number of hydrogen-bond acceptors (Lipinski definition) is 6. The molecule has 0 saturated carbocycles. The minimum absolute atomic E-state index is 0.0694. The highest BCUT2D eigenvalue weighted by molar-refractivity contribution is 7.20. The van der Waals surface area contributed by atoms with E-state index in [0.29, 0.717) is 15.0 Å². The third kappa shape index (κ3) is 2.97. The van der Waals surface area contributed by atoms with Crippen LogP contribution in [0.4, 0.5) is 10.1 Å². The summed E-state index contributed by atoms with van der Waals surface area (Å²) in [6.07, 6.45) is 0.884. The maximum atomic E-state index is 12.1. The van der Waals surface area contributed by atoms with E-state index < -0.39 is 5.91 Å². The van der Waals surface area contributed by atoms with Gasteiger partial charge in [0.15, 0.2) is 10.8 Å². The molecule has 2 aromatic heterocycles. The number of nitrogens with zero attached hydrogens (tertiary/aromatic N) is 1. The first-order valence-corrected chi connectivity index (χ1v) is 7.56. The summed E-state index contributed by atoms with van der Waals surface area (Å²) in [7, 11) is 1.68. The van der Waals surface area contributed by atoms with Gasteiger partial charge >= 0.3 is 0 Å². The highest BCUT2D eigenvalue weighted by Gasteiger charge is 2.18. The van der Waals surface area contributed by atoms with E-state index in [1.165, 1.54) is 22.7 Å². The molecule has 0 saturated heterocycles. The van der Waals surface area contributed by atoms with Crippen LogP contribution in [0.3, 0.4) is 0 Å². The molecule has 0 fully saturated rings. The molecule has 0 aliphatic carbocycles. The first-order valence-electron chi connectivity index (χ1n) is 5.93. The molecule has 2 rings (SSSR count). The summed E-state index contributed by atoms with van der Waals surface area (Å²) in [5, 5.41) is 6.39. The van der Waals surface area contributed by atoms with E-state index in [9.17, 15) is 9.59 Å². The fourth-order valence-corrected chi connectivity index (χ4v) is 3.20. The molecule has 0 unspecified atom stereocenters. The Balaban J connectivity index is 2.22. The Morgan fingerprint density at radius 2 is 2.10 bits per heavy atom. The van der Waals surface area contributed by atoms with Gasteiger partial charge in [0.25, 0.3) is 11.8 Å². The Morgan fingerprint density at radius 1 is 1.35 bits per heavy atom. The number of aromatic nitrogens is 1. The number of amides is 2. The van der Waals surface area contributed by atoms with E-state index >= 15 is 0 Å². The molecule has 6 nitrogen and oxygen atoms in total. The van der Waals surface area contributed by atoms with Crippen LogP contribution in [0.25, 0.3) is 0 Å². The average Bonchev–Trinajstić information content (AvgIpc) is 3.04. The molecule has 0 radical (unpaired) electrons. The van der Waals surface area contributed by atoms with Gasteiger partial charge in [-0.25, -0.2) is 4.98 Å². The second kappa shape index (κ2) is 6.02. The van der Waals surface area contributed by atoms with E-state index in [-0.39, 0.29) is 11.6 Å². The van der Waals surface area contributed by atoms with Gasteiger partial charge in [-0.1, -0.05) is 18.3 Å². The SMILES string of the molecule is CCc1ccc(C(=O)Nc2sc(NC)nc2C(N)=O)s1. The van der Waals surface area contributed by atoms with Crippen LogP contribution in [-0.4, -0.2) is 23.8 Å². The van der Waals surface area contributed by atoms with Crippen molar-refractivity contribution in [1.82, 2.24) is 4.98 Å².